The molecule has 5 unspecified atom stereocenters. The number of hydrogen-bond acceptors (Lipinski definition) is 11. The number of nitrogens with one attached hydrogen (secondary N) is 1. The first-order valence-corrected chi connectivity index (χ1v) is 20.5. The average Bonchev–Trinajstić information content (AvgIpc) is 3.80. The lowest BCUT2D eigenvalue weighted by molar-refractivity contribution is -0.190. The summed E-state index contributed by atoms with van der Waals surface area (Å²) in [6.07, 6.45) is 11.2. The zero-order valence-corrected chi connectivity index (χ0v) is 34.0. The first-order valence-electron chi connectivity index (χ1n) is 20.5. The zero-order valence-electron chi connectivity index (χ0n) is 34.0. The molecule has 0 saturated carbocycles. The number of carbonyl (C=O) groups excluding carboxylic acids is 4. The number of aliphatic hydroxyl groups is 2. The molecule has 0 bridgehead atoms. The van der Waals surface area contributed by atoms with Crippen LogP contribution < -0.4 is 5.32 Å². The number of hydrogen-bond donors (Lipinski definition) is 3. The van der Waals surface area contributed by atoms with Gasteiger partial charge in [-0.15, -0.1) is 0 Å². The van der Waals surface area contributed by atoms with E-state index in [9.17, 15) is 24.3 Å². The molecule has 2 aliphatic heterocycles. The summed E-state index contributed by atoms with van der Waals surface area (Å²) in [7, 11) is 0. The lowest BCUT2D eigenvalue weighted by Gasteiger charge is -2.33. The van der Waals surface area contributed by atoms with E-state index in [0.29, 0.717) is 48.9 Å². The molecule has 3 aliphatic rings. The summed E-state index contributed by atoms with van der Waals surface area (Å²) in [6, 6.07) is 5.46. The normalized spacial score (nSPS) is 22.3. The summed E-state index contributed by atoms with van der Waals surface area (Å²) in [5.41, 5.74) is 0.585. The van der Waals surface area contributed by atoms with Crippen molar-refractivity contribution in [2.24, 2.45) is 0 Å². The topological polar surface area (TPSA) is 170 Å². The number of benzene rings is 1. The first-order chi connectivity index (χ1) is 26.8. The summed E-state index contributed by atoms with van der Waals surface area (Å²) in [6.45, 7) is 9.55. The molecule has 1 aliphatic carbocycles. The van der Waals surface area contributed by atoms with E-state index < -0.39 is 59.6 Å². The molecule has 0 radical (unpaired) electrons. The number of unbranched alkanes of at least 4 members (excludes halogenated alkanes) is 4. The third kappa shape index (κ3) is 12.9. The van der Waals surface area contributed by atoms with Gasteiger partial charge in [0.05, 0.1) is 31.1 Å². The highest BCUT2D eigenvalue weighted by Crippen LogP contribution is 2.43. The number of likely N-dealkylation sites (tertiary alicyclic amines) is 1. The van der Waals surface area contributed by atoms with Crippen molar-refractivity contribution in [1.82, 2.24) is 10.2 Å². The molecule has 3 N–H and O–H groups in total. The summed E-state index contributed by atoms with van der Waals surface area (Å²) < 4.78 is 30.5. The lowest BCUT2D eigenvalue weighted by Crippen LogP contribution is -2.51. The van der Waals surface area contributed by atoms with E-state index in [1.54, 1.807) is 62.1 Å². The molecule has 2 heterocycles. The smallest absolute Gasteiger partial charge is 0.339 e. The molecule has 2 fully saturated rings. The van der Waals surface area contributed by atoms with Crippen molar-refractivity contribution in [3.8, 4) is 0 Å². The molecule has 312 valence electrons. The van der Waals surface area contributed by atoms with Gasteiger partial charge in [-0.25, -0.2) is 4.79 Å². The van der Waals surface area contributed by atoms with E-state index in [2.05, 4.69) is 19.2 Å². The van der Waals surface area contributed by atoms with Gasteiger partial charge in [-0.3, -0.25) is 14.4 Å². The number of rotatable bonds is 21. The molecular weight excluding hydrogens is 720 g/mol. The van der Waals surface area contributed by atoms with Gasteiger partial charge in [0.25, 0.3) is 0 Å². The SMILES string of the molecule is CCCCCC1(CCCCC)OC2C=C(C(=O)N3CCCC3C(=O)NC(CO)CCC(=O)OC(C)(C)C)CC(OC(=O)c3ccccc3C=COCCO)C2O1. The minimum atomic E-state index is -0.890. The third-order valence-corrected chi connectivity index (χ3v) is 10.3. The average molecular weight is 785 g/mol. The second kappa shape index (κ2) is 21.7. The van der Waals surface area contributed by atoms with Crippen LogP contribution in [0, 0.1) is 0 Å². The van der Waals surface area contributed by atoms with Gasteiger partial charge in [-0.05, 0) is 76.7 Å². The minimum Gasteiger partial charge on any atom is -0.499 e. The van der Waals surface area contributed by atoms with Crippen LogP contribution in [0.15, 0.2) is 42.2 Å². The molecule has 0 spiro atoms. The van der Waals surface area contributed by atoms with Crippen LogP contribution in [0.3, 0.4) is 0 Å². The van der Waals surface area contributed by atoms with Crippen LogP contribution in [0.2, 0.25) is 0 Å². The maximum atomic E-state index is 14.4. The highest BCUT2D eigenvalue weighted by molar-refractivity contribution is 5.98. The molecule has 2 saturated heterocycles. The van der Waals surface area contributed by atoms with Crippen molar-refractivity contribution in [3.63, 3.8) is 0 Å². The second-order valence-electron chi connectivity index (χ2n) is 16.0. The maximum Gasteiger partial charge on any atom is 0.339 e. The molecule has 13 heteroatoms. The van der Waals surface area contributed by atoms with E-state index in [-0.39, 0.29) is 45.0 Å². The van der Waals surface area contributed by atoms with Crippen LogP contribution in [-0.4, -0.2) is 107 Å². The predicted octanol–water partition coefficient (Wildman–Crippen LogP) is 5.75. The first kappa shape index (κ1) is 44.9. The van der Waals surface area contributed by atoms with Crippen LogP contribution in [0.4, 0.5) is 0 Å². The van der Waals surface area contributed by atoms with Crippen molar-refractivity contribution >= 4 is 29.8 Å². The van der Waals surface area contributed by atoms with Gasteiger partial charge in [-0.1, -0.05) is 57.7 Å². The van der Waals surface area contributed by atoms with E-state index in [4.69, 9.17) is 28.8 Å². The molecule has 1 aromatic carbocycles. The third-order valence-electron chi connectivity index (χ3n) is 10.3. The standard InChI is InChI=1S/C43H64N2O11/c1-6-8-12-21-43(22-13-9-7-2)54-36-28-31(27-35(38(36)56-43)53-41(51)33-16-11-10-15-30(33)20-25-52-26-24-46)40(50)45-23-14-17-34(45)39(49)44-32(29-47)18-19-37(48)55-42(3,4)5/h10-11,15-16,20,25,28,32,34-36,38,46-47H,6-9,12-14,17-19,21-24,26-27,29H2,1-5H3,(H,44,49). The largest absolute Gasteiger partial charge is 0.499 e. The van der Waals surface area contributed by atoms with E-state index in [1.165, 1.54) is 6.26 Å². The molecular formula is C43H64N2O11. The van der Waals surface area contributed by atoms with Gasteiger partial charge >= 0.3 is 11.9 Å². The lowest BCUT2D eigenvalue weighted by atomic mass is 9.91. The quantitative estimate of drug-likeness (QED) is 0.0788. The molecule has 2 amide bonds. The molecule has 56 heavy (non-hydrogen) atoms. The number of carbonyl (C=O) groups is 4. The summed E-state index contributed by atoms with van der Waals surface area (Å²) in [5, 5.41) is 21.9. The van der Waals surface area contributed by atoms with Crippen molar-refractivity contribution in [2.75, 3.05) is 26.4 Å². The summed E-state index contributed by atoms with van der Waals surface area (Å²) in [5.74, 6) is -2.67. The van der Waals surface area contributed by atoms with E-state index >= 15 is 0 Å². The second-order valence-corrected chi connectivity index (χ2v) is 16.0. The number of nitrogens with zero attached hydrogens (tertiary/aromatic N) is 1. The van der Waals surface area contributed by atoms with Gasteiger partial charge in [0.15, 0.2) is 5.79 Å². The Balaban J connectivity index is 1.57. The number of aliphatic hydroxyl groups excluding tert-OH is 2. The molecule has 13 nitrogen and oxygen atoms in total. The molecule has 1 aromatic rings. The van der Waals surface area contributed by atoms with Crippen molar-refractivity contribution < 1.29 is 53.1 Å². The van der Waals surface area contributed by atoms with Gasteiger partial charge in [0, 0.05) is 37.8 Å². The Morgan fingerprint density at radius 2 is 1.75 bits per heavy atom. The van der Waals surface area contributed by atoms with Crippen LogP contribution in [0.5, 0.6) is 0 Å². The Kier molecular flexibility index (Phi) is 17.4. The van der Waals surface area contributed by atoms with Gasteiger partial charge in [0.1, 0.15) is 36.6 Å². The number of esters is 2. The Morgan fingerprint density at radius 1 is 1.04 bits per heavy atom. The number of amides is 2. The Bertz CT molecular complexity index is 1510. The highest BCUT2D eigenvalue weighted by atomic mass is 16.8. The Morgan fingerprint density at radius 3 is 2.41 bits per heavy atom. The number of ether oxygens (including phenoxy) is 5. The maximum absolute atomic E-state index is 14.4. The van der Waals surface area contributed by atoms with E-state index in [1.807, 2.05) is 0 Å². The van der Waals surface area contributed by atoms with Crippen molar-refractivity contribution in [1.29, 1.82) is 0 Å². The van der Waals surface area contributed by atoms with Crippen LogP contribution in [0.25, 0.3) is 6.08 Å². The van der Waals surface area contributed by atoms with Crippen molar-refractivity contribution in [2.45, 2.75) is 160 Å². The summed E-state index contributed by atoms with van der Waals surface area (Å²) in [4.78, 5) is 55.8. The van der Waals surface area contributed by atoms with E-state index in [0.717, 1.165) is 38.5 Å². The fourth-order valence-electron chi connectivity index (χ4n) is 7.52. The fraction of sp³-hybridized carbons (Fsp3) is 0.674. The summed E-state index contributed by atoms with van der Waals surface area (Å²) >= 11 is 0. The van der Waals surface area contributed by atoms with Gasteiger partial charge in [0.2, 0.25) is 11.8 Å². The van der Waals surface area contributed by atoms with Gasteiger partial charge in [-0.2, -0.15) is 0 Å². The van der Waals surface area contributed by atoms with Crippen LogP contribution in [0.1, 0.15) is 134 Å². The van der Waals surface area contributed by atoms with Crippen LogP contribution >= 0.6 is 0 Å². The molecule has 0 aromatic heterocycles. The Labute approximate surface area is 332 Å². The Hall–Kier alpha value is -3.78. The monoisotopic (exact) mass is 784 g/mol. The van der Waals surface area contributed by atoms with Crippen LogP contribution in [-0.2, 0) is 38.1 Å². The zero-order chi connectivity index (χ0) is 40.7. The minimum absolute atomic E-state index is 0.0182. The van der Waals surface area contributed by atoms with Crippen molar-refractivity contribution in [3.05, 3.63) is 53.3 Å². The molecule has 4 rings (SSSR count). The predicted molar refractivity (Wildman–Crippen MR) is 210 cm³/mol. The van der Waals surface area contributed by atoms with Gasteiger partial charge < -0.3 is 44.1 Å². The highest BCUT2D eigenvalue weighted by Gasteiger charge is 2.53. The fourth-order valence-corrected chi connectivity index (χ4v) is 7.52. The number of fused-ring (bicyclic) bond motifs is 1. The molecule has 5 atom stereocenters.